The summed E-state index contributed by atoms with van der Waals surface area (Å²) >= 11 is 0. The van der Waals surface area contributed by atoms with Crippen molar-refractivity contribution in [1.82, 2.24) is 15.1 Å². The molecule has 1 amide bonds. The smallest absolute Gasteiger partial charge is 0.272 e. The quantitative estimate of drug-likeness (QED) is 0.288. The molecule has 4 N–H and O–H groups in total. The van der Waals surface area contributed by atoms with E-state index in [1.54, 1.807) is 24.0 Å². The Morgan fingerprint density at radius 1 is 1.76 bits per heavy atom. The first-order valence-electron chi connectivity index (χ1n) is 5.39. The zero-order valence-electron chi connectivity index (χ0n) is 9.50. The van der Waals surface area contributed by atoms with Gasteiger partial charge in [-0.2, -0.15) is 5.10 Å². The summed E-state index contributed by atoms with van der Waals surface area (Å²) in [5, 5.41) is 18.3. The molecule has 1 aromatic rings. The predicted octanol–water partition coefficient (Wildman–Crippen LogP) is -0.325. The van der Waals surface area contributed by atoms with Crippen LogP contribution in [0.15, 0.2) is 17.4 Å². The fourth-order valence-corrected chi connectivity index (χ4v) is 1.68. The molecule has 1 aliphatic rings. The molecule has 0 aliphatic heterocycles. The molecule has 1 aromatic heterocycles. The summed E-state index contributed by atoms with van der Waals surface area (Å²) in [6, 6.07) is 1.21. The highest BCUT2D eigenvalue weighted by atomic mass is 16.4. The van der Waals surface area contributed by atoms with Crippen LogP contribution in [0.1, 0.15) is 23.3 Å². The summed E-state index contributed by atoms with van der Waals surface area (Å²) in [6.07, 6.45) is 3.64. The number of rotatable bonds is 4. The van der Waals surface area contributed by atoms with E-state index in [0.29, 0.717) is 5.69 Å². The minimum Gasteiger partial charge on any atom is -0.409 e. The van der Waals surface area contributed by atoms with Crippen LogP contribution < -0.4 is 11.1 Å². The molecule has 0 spiro atoms. The standard InChI is InChI=1S/C10H15N5O2/c1-15-5-4-7(13-15)10(16)12-8(6-2-3-6)9(11)14-17/h4-6,8,17H,2-3H2,1H3,(H2,11,14)(H,12,16). The van der Waals surface area contributed by atoms with Crippen molar-refractivity contribution in [3.63, 3.8) is 0 Å². The summed E-state index contributed by atoms with van der Waals surface area (Å²) in [5.74, 6) is -0.00977. The van der Waals surface area contributed by atoms with Gasteiger partial charge >= 0.3 is 0 Å². The fraction of sp³-hybridized carbons (Fsp3) is 0.500. The number of carbonyl (C=O) groups excluding carboxylic acids is 1. The van der Waals surface area contributed by atoms with Gasteiger partial charge in [0, 0.05) is 13.2 Å². The number of aryl methyl sites for hydroxylation is 1. The molecule has 1 heterocycles. The molecule has 0 saturated heterocycles. The molecule has 7 heteroatoms. The minimum absolute atomic E-state index is 0.0387. The van der Waals surface area contributed by atoms with E-state index in [9.17, 15) is 4.79 Å². The number of aromatic nitrogens is 2. The molecule has 0 bridgehead atoms. The molecule has 92 valence electrons. The highest BCUT2D eigenvalue weighted by Gasteiger charge is 2.35. The van der Waals surface area contributed by atoms with Gasteiger partial charge in [0.2, 0.25) is 0 Å². The first-order valence-corrected chi connectivity index (χ1v) is 5.39. The number of nitrogens with two attached hydrogens (primary N) is 1. The molecule has 2 rings (SSSR count). The SMILES string of the molecule is Cn1ccc(C(=O)NC(/C(N)=N/O)C2CC2)n1. The lowest BCUT2D eigenvalue weighted by molar-refractivity contribution is 0.0937. The number of nitrogens with one attached hydrogen (secondary N) is 1. The van der Waals surface area contributed by atoms with Gasteiger partial charge in [-0.25, -0.2) is 0 Å². The lowest BCUT2D eigenvalue weighted by atomic mass is 10.1. The van der Waals surface area contributed by atoms with Gasteiger partial charge < -0.3 is 16.3 Å². The van der Waals surface area contributed by atoms with Gasteiger partial charge in [-0.1, -0.05) is 5.16 Å². The van der Waals surface area contributed by atoms with E-state index in [-0.39, 0.29) is 17.7 Å². The lowest BCUT2D eigenvalue weighted by Gasteiger charge is -2.15. The third-order valence-corrected chi connectivity index (χ3v) is 2.76. The topological polar surface area (TPSA) is 106 Å². The van der Waals surface area contributed by atoms with Crippen molar-refractivity contribution in [3.8, 4) is 0 Å². The third-order valence-electron chi connectivity index (χ3n) is 2.76. The van der Waals surface area contributed by atoms with E-state index in [1.807, 2.05) is 0 Å². The van der Waals surface area contributed by atoms with Crippen molar-refractivity contribution in [2.45, 2.75) is 18.9 Å². The second-order valence-electron chi connectivity index (χ2n) is 4.19. The van der Waals surface area contributed by atoms with Crippen LogP contribution in [-0.2, 0) is 7.05 Å². The van der Waals surface area contributed by atoms with Gasteiger partial charge in [0.05, 0.1) is 6.04 Å². The molecule has 1 fully saturated rings. The Bertz CT molecular complexity index is 449. The van der Waals surface area contributed by atoms with Crippen LogP contribution in [0.2, 0.25) is 0 Å². The fourth-order valence-electron chi connectivity index (χ4n) is 1.68. The van der Waals surface area contributed by atoms with Crippen molar-refractivity contribution in [2.24, 2.45) is 23.9 Å². The zero-order valence-corrected chi connectivity index (χ0v) is 9.50. The van der Waals surface area contributed by atoms with Crippen molar-refractivity contribution < 1.29 is 10.0 Å². The van der Waals surface area contributed by atoms with Gasteiger partial charge in [-0.05, 0) is 24.8 Å². The maximum Gasteiger partial charge on any atom is 0.272 e. The second-order valence-corrected chi connectivity index (χ2v) is 4.19. The van der Waals surface area contributed by atoms with Gasteiger partial charge in [-0.3, -0.25) is 9.48 Å². The van der Waals surface area contributed by atoms with E-state index in [1.165, 1.54) is 0 Å². The summed E-state index contributed by atoms with van der Waals surface area (Å²) in [4.78, 5) is 11.8. The van der Waals surface area contributed by atoms with E-state index < -0.39 is 6.04 Å². The maximum atomic E-state index is 11.8. The monoisotopic (exact) mass is 237 g/mol. The largest absolute Gasteiger partial charge is 0.409 e. The molecule has 1 saturated carbocycles. The average Bonchev–Trinajstić information content (AvgIpc) is 3.06. The van der Waals surface area contributed by atoms with Gasteiger partial charge in [0.1, 0.15) is 5.69 Å². The molecule has 0 radical (unpaired) electrons. The Morgan fingerprint density at radius 3 is 2.94 bits per heavy atom. The van der Waals surface area contributed by atoms with Crippen molar-refractivity contribution in [2.75, 3.05) is 0 Å². The number of carbonyl (C=O) groups is 1. The Balaban J connectivity index is 2.05. The van der Waals surface area contributed by atoms with Gasteiger partial charge in [-0.15, -0.1) is 0 Å². The minimum atomic E-state index is -0.408. The highest BCUT2D eigenvalue weighted by Crippen LogP contribution is 2.32. The highest BCUT2D eigenvalue weighted by molar-refractivity contribution is 5.97. The van der Waals surface area contributed by atoms with E-state index in [0.717, 1.165) is 12.8 Å². The van der Waals surface area contributed by atoms with Crippen LogP contribution in [0.25, 0.3) is 0 Å². The second kappa shape index (κ2) is 4.44. The Labute approximate surface area is 98.3 Å². The van der Waals surface area contributed by atoms with Crippen LogP contribution in [0.5, 0.6) is 0 Å². The number of amides is 1. The molecule has 17 heavy (non-hydrogen) atoms. The van der Waals surface area contributed by atoms with Crippen molar-refractivity contribution >= 4 is 11.7 Å². The number of hydrogen-bond acceptors (Lipinski definition) is 4. The Kier molecular flexibility index (Phi) is 2.99. The van der Waals surface area contributed by atoms with E-state index >= 15 is 0 Å². The van der Waals surface area contributed by atoms with Crippen molar-refractivity contribution in [3.05, 3.63) is 18.0 Å². The van der Waals surface area contributed by atoms with Gasteiger partial charge in [0.25, 0.3) is 5.91 Å². The van der Waals surface area contributed by atoms with E-state index in [2.05, 4.69) is 15.6 Å². The third kappa shape index (κ3) is 2.55. The Morgan fingerprint density at radius 2 is 2.47 bits per heavy atom. The molecule has 0 aromatic carbocycles. The van der Waals surface area contributed by atoms with Crippen LogP contribution >= 0.6 is 0 Å². The summed E-state index contributed by atoms with van der Waals surface area (Å²) in [6.45, 7) is 0. The molecule has 1 atom stereocenters. The molecular formula is C10H15N5O2. The zero-order chi connectivity index (χ0) is 12.4. The van der Waals surface area contributed by atoms with Crippen LogP contribution in [0.4, 0.5) is 0 Å². The van der Waals surface area contributed by atoms with E-state index in [4.69, 9.17) is 10.9 Å². The first kappa shape index (κ1) is 11.4. The summed E-state index contributed by atoms with van der Waals surface area (Å²) < 4.78 is 1.55. The molecule has 7 nitrogen and oxygen atoms in total. The predicted molar refractivity (Wildman–Crippen MR) is 60.6 cm³/mol. The van der Waals surface area contributed by atoms with Crippen LogP contribution in [0, 0.1) is 5.92 Å². The maximum absolute atomic E-state index is 11.8. The molecular weight excluding hydrogens is 222 g/mol. The van der Waals surface area contributed by atoms with Crippen molar-refractivity contribution in [1.29, 1.82) is 0 Å². The summed E-state index contributed by atoms with van der Waals surface area (Å²) in [5.41, 5.74) is 5.87. The van der Waals surface area contributed by atoms with Crippen LogP contribution in [-0.4, -0.2) is 32.8 Å². The lowest BCUT2D eigenvalue weighted by Crippen LogP contribution is -2.46. The number of nitrogens with zero attached hydrogens (tertiary/aromatic N) is 3. The number of amidine groups is 1. The molecule has 1 aliphatic carbocycles. The van der Waals surface area contributed by atoms with Crippen LogP contribution in [0.3, 0.4) is 0 Å². The summed E-state index contributed by atoms with van der Waals surface area (Å²) in [7, 11) is 1.73. The average molecular weight is 237 g/mol. The molecule has 1 unspecified atom stereocenters. The number of oxime groups is 1. The number of hydrogen-bond donors (Lipinski definition) is 3. The normalized spacial score (nSPS) is 17.8. The van der Waals surface area contributed by atoms with Gasteiger partial charge in [0.15, 0.2) is 5.84 Å². The Hall–Kier alpha value is -2.05. The first-order chi connectivity index (χ1) is 8.11.